The van der Waals surface area contributed by atoms with Gasteiger partial charge in [0, 0.05) is 43.6 Å². The number of aromatic nitrogens is 4. The highest BCUT2D eigenvalue weighted by Crippen LogP contribution is 2.32. The second-order valence-corrected chi connectivity index (χ2v) is 7.96. The van der Waals surface area contributed by atoms with Crippen LogP contribution in [0.25, 0.3) is 16.9 Å². The Morgan fingerprint density at radius 2 is 1.79 bits per heavy atom. The molecule has 1 fully saturated rings. The van der Waals surface area contributed by atoms with Gasteiger partial charge in [-0.3, -0.25) is 0 Å². The normalized spacial score (nSPS) is 14.2. The second-order valence-electron chi connectivity index (χ2n) is 7.96. The molecular weight excluding hydrogens is 437 g/mol. The van der Waals surface area contributed by atoms with Gasteiger partial charge in [-0.2, -0.15) is 14.6 Å². The smallest absolute Gasteiger partial charge is 0.321 e. The first-order chi connectivity index (χ1) is 16.6. The molecule has 2 aromatic heterocycles. The van der Waals surface area contributed by atoms with E-state index in [1.807, 2.05) is 30.5 Å². The van der Waals surface area contributed by atoms with Crippen molar-refractivity contribution in [1.29, 1.82) is 0 Å². The third kappa shape index (κ3) is 4.34. The van der Waals surface area contributed by atoms with Crippen molar-refractivity contribution in [1.82, 2.24) is 24.5 Å². The zero-order valence-corrected chi connectivity index (χ0v) is 18.7. The van der Waals surface area contributed by atoms with Crippen molar-refractivity contribution in [2.24, 2.45) is 0 Å². The highest BCUT2D eigenvalue weighted by molar-refractivity contribution is 5.89. The molecule has 1 aliphatic rings. The fraction of sp³-hybridized carbons (Fsp3) is 0.250. The molecular formula is C24H24FN7O2. The van der Waals surface area contributed by atoms with E-state index in [-0.39, 0.29) is 11.8 Å². The number of nitrogens with zero attached hydrogens (tertiary/aromatic N) is 6. The largest absolute Gasteiger partial charge is 0.497 e. The third-order valence-electron chi connectivity index (χ3n) is 5.86. The molecule has 34 heavy (non-hydrogen) atoms. The lowest BCUT2D eigenvalue weighted by atomic mass is 10.1. The minimum atomic E-state index is -0.340. The molecule has 2 amide bonds. The summed E-state index contributed by atoms with van der Waals surface area (Å²) in [5, 5.41) is 7.26. The summed E-state index contributed by atoms with van der Waals surface area (Å²) in [6.07, 6.45) is 4.08. The number of carbonyl (C=O) groups is 1. The van der Waals surface area contributed by atoms with Gasteiger partial charge in [0.15, 0.2) is 0 Å². The van der Waals surface area contributed by atoms with E-state index in [1.165, 1.54) is 18.5 Å². The van der Waals surface area contributed by atoms with Crippen molar-refractivity contribution in [2.45, 2.75) is 6.42 Å². The van der Waals surface area contributed by atoms with Crippen LogP contribution in [0.2, 0.25) is 0 Å². The topological polar surface area (TPSA) is 87.9 Å². The summed E-state index contributed by atoms with van der Waals surface area (Å²) >= 11 is 0. The summed E-state index contributed by atoms with van der Waals surface area (Å²) in [6, 6.07) is 13.4. The maximum Gasteiger partial charge on any atom is 0.321 e. The second kappa shape index (κ2) is 9.34. The minimum Gasteiger partial charge on any atom is -0.497 e. The predicted octanol–water partition coefficient (Wildman–Crippen LogP) is 3.68. The number of anilines is 2. The lowest BCUT2D eigenvalue weighted by Gasteiger charge is -2.26. The van der Waals surface area contributed by atoms with Gasteiger partial charge in [-0.05, 0) is 48.4 Å². The number of nitrogens with one attached hydrogen (secondary N) is 1. The average Bonchev–Trinajstić information content (AvgIpc) is 3.21. The Morgan fingerprint density at radius 3 is 2.56 bits per heavy atom. The summed E-state index contributed by atoms with van der Waals surface area (Å²) in [7, 11) is 1.64. The summed E-state index contributed by atoms with van der Waals surface area (Å²) in [4.78, 5) is 25.5. The number of amides is 2. The molecule has 9 nitrogen and oxygen atoms in total. The van der Waals surface area contributed by atoms with Crippen LogP contribution in [0.3, 0.4) is 0 Å². The van der Waals surface area contributed by atoms with Crippen LogP contribution in [0.15, 0.2) is 61.1 Å². The van der Waals surface area contributed by atoms with Crippen LogP contribution < -0.4 is 15.0 Å². The molecule has 3 heterocycles. The number of rotatable bonds is 4. The molecule has 1 saturated heterocycles. The number of halogens is 1. The van der Waals surface area contributed by atoms with E-state index in [2.05, 4.69) is 25.3 Å². The first-order valence-corrected chi connectivity index (χ1v) is 11.0. The van der Waals surface area contributed by atoms with Gasteiger partial charge in [0.05, 0.1) is 7.11 Å². The number of hydrogen-bond acceptors (Lipinski definition) is 6. The standard InChI is InChI=1S/C24H24FN7O2/c1-34-20-9-3-17(4-10-20)21-15-26-23-27-16-28-32(23)22(21)30-11-2-12-31(14-13-30)24(33)29-19-7-5-18(25)6-8-19/h3-10,15-16H,2,11-14H2,1H3,(H,29,33). The first kappa shape index (κ1) is 21.6. The average molecular weight is 462 g/mol. The van der Waals surface area contributed by atoms with Gasteiger partial charge in [-0.15, -0.1) is 0 Å². The van der Waals surface area contributed by atoms with Crippen LogP contribution in [-0.2, 0) is 0 Å². The molecule has 10 heteroatoms. The number of carbonyl (C=O) groups excluding carboxylic acids is 1. The summed E-state index contributed by atoms with van der Waals surface area (Å²) < 4.78 is 20.2. The number of ether oxygens (including phenoxy) is 1. The number of urea groups is 1. The van der Waals surface area contributed by atoms with Crippen molar-refractivity contribution in [3.8, 4) is 16.9 Å². The Hall–Kier alpha value is -4.21. The molecule has 0 atom stereocenters. The van der Waals surface area contributed by atoms with E-state index < -0.39 is 0 Å². The number of fused-ring (bicyclic) bond motifs is 1. The van der Waals surface area contributed by atoms with Gasteiger partial charge >= 0.3 is 6.03 Å². The van der Waals surface area contributed by atoms with Crippen LogP contribution in [-0.4, -0.2) is 63.8 Å². The lowest BCUT2D eigenvalue weighted by Crippen LogP contribution is -2.38. The number of benzene rings is 2. The van der Waals surface area contributed by atoms with Crippen molar-refractivity contribution >= 4 is 23.3 Å². The maximum atomic E-state index is 13.2. The van der Waals surface area contributed by atoms with E-state index in [9.17, 15) is 9.18 Å². The van der Waals surface area contributed by atoms with Gasteiger partial charge in [0.2, 0.25) is 0 Å². The molecule has 0 spiro atoms. The SMILES string of the molecule is COc1ccc(-c2cnc3ncnn3c2N2CCCN(C(=O)Nc3ccc(F)cc3)CC2)cc1. The Kier molecular flexibility index (Phi) is 5.94. The molecule has 4 aromatic rings. The van der Waals surface area contributed by atoms with Crippen molar-refractivity contribution in [3.05, 3.63) is 66.9 Å². The van der Waals surface area contributed by atoms with E-state index in [1.54, 1.807) is 28.7 Å². The molecule has 0 unspecified atom stereocenters. The molecule has 1 N–H and O–H groups in total. The quantitative estimate of drug-likeness (QED) is 0.499. The highest BCUT2D eigenvalue weighted by Gasteiger charge is 2.24. The molecule has 0 bridgehead atoms. The van der Waals surface area contributed by atoms with Crippen LogP contribution in [0.4, 0.5) is 20.7 Å². The predicted molar refractivity (Wildman–Crippen MR) is 127 cm³/mol. The molecule has 0 saturated carbocycles. The molecule has 5 rings (SSSR count). The van der Waals surface area contributed by atoms with Gasteiger partial charge in [-0.25, -0.2) is 14.2 Å². The Morgan fingerprint density at radius 1 is 1.00 bits per heavy atom. The molecule has 1 aliphatic heterocycles. The Bertz CT molecular complexity index is 1290. The van der Waals surface area contributed by atoms with E-state index >= 15 is 0 Å². The highest BCUT2D eigenvalue weighted by atomic mass is 19.1. The van der Waals surface area contributed by atoms with Crippen molar-refractivity contribution < 1.29 is 13.9 Å². The molecule has 174 valence electrons. The molecule has 0 radical (unpaired) electrons. The minimum absolute atomic E-state index is 0.204. The number of methoxy groups -OCH3 is 1. The Labute approximate surface area is 195 Å². The molecule has 0 aliphatic carbocycles. The maximum absolute atomic E-state index is 13.2. The van der Waals surface area contributed by atoms with Gasteiger partial charge in [0.25, 0.3) is 5.78 Å². The fourth-order valence-corrected chi connectivity index (χ4v) is 4.11. The monoisotopic (exact) mass is 461 g/mol. The number of hydrogen-bond donors (Lipinski definition) is 1. The summed E-state index contributed by atoms with van der Waals surface area (Å²) in [5.74, 6) is 1.83. The summed E-state index contributed by atoms with van der Waals surface area (Å²) in [5.41, 5.74) is 2.47. The fourth-order valence-electron chi connectivity index (χ4n) is 4.11. The van der Waals surface area contributed by atoms with Crippen LogP contribution in [0.5, 0.6) is 5.75 Å². The van der Waals surface area contributed by atoms with Crippen LogP contribution in [0.1, 0.15) is 6.42 Å². The van der Waals surface area contributed by atoms with E-state index in [0.29, 0.717) is 31.1 Å². The van der Waals surface area contributed by atoms with E-state index in [4.69, 9.17) is 4.74 Å². The zero-order valence-electron chi connectivity index (χ0n) is 18.7. The Balaban J connectivity index is 1.39. The van der Waals surface area contributed by atoms with Crippen molar-refractivity contribution in [2.75, 3.05) is 43.5 Å². The zero-order chi connectivity index (χ0) is 23.5. The first-order valence-electron chi connectivity index (χ1n) is 11.0. The molecule has 2 aromatic carbocycles. The van der Waals surface area contributed by atoms with E-state index in [0.717, 1.165) is 35.7 Å². The summed E-state index contributed by atoms with van der Waals surface area (Å²) in [6.45, 7) is 2.47. The third-order valence-corrected chi connectivity index (χ3v) is 5.86. The lowest BCUT2D eigenvalue weighted by molar-refractivity contribution is 0.215. The van der Waals surface area contributed by atoms with Crippen LogP contribution >= 0.6 is 0 Å². The van der Waals surface area contributed by atoms with Crippen molar-refractivity contribution in [3.63, 3.8) is 0 Å². The van der Waals surface area contributed by atoms with Gasteiger partial charge in [0.1, 0.15) is 23.7 Å². The van der Waals surface area contributed by atoms with Gasteiger partial charge < -0.3 is 19.9 Å². The van der Waals surface area contributed by atoms with Crippen LogP contribution in [0, 0.1) is 5.82 Å². The van der Waals surface area contributed by atoms with Gasteiger partial charge in [-0.1, -0.05) is 12.1 Å².